The molecular weight excluding hydrogens is 240 g/mol. The molecule has 0 aliphatic heterocycles. The van der Waals surface area contributed by atoms with Crippen molar-refractivity contribution in [3.05, 3.63) is 29.8 Å². The van der Waals surface area contributed by atoms with Gasteiger partial charge in [-0.05, 0) is 6.92 Å². The maximum atomic E-state index is 12.1. The molecule has 98 valence electrons. The van der Waals surface area contributed by atoms with Crippen LogP contribution in [0, 0.1) is 6.92 Å². The first-order valence-electron chi connectivity index (χ1n) is 5.58. The van der Waals surface area contributed by atoms with Crippen LogP contribution in [0.5, 0.6) is 0 Å². The summed E-state index contributed by atoms with van der Waals surface area (Å²) in [6, 6.07) is 0. The molecule has 0 aliphatic carbocycles. The molecule has 18 heavy (non-hydrogen) atoms. The van der Waals surface area contributed by atoms with Crippen LogP contribution in [0.4, 0.5) is 14.5 Å². The van der Waals surface area contributed by atoms with Gasteiger partial charge in [-0.15, -0.1) is 0 Å². The van der Waals surface area contributed by atoms with Crippen LogP contribution < -0.4 is 5.32 Å². The van der Waals surface area contributed by atoms with Crippen LogP contribution in [-0.4, -0.2) is 26.0 Å². The molecule has 0 aromatic carbocycles. The number of aryl methyl sites for hydroxylation is 2. The summed E-state index contributed by atoms with van der Waals surface area (Å²) < 4.78 is 27.3. The predicted octanol–water partition coefficient (Wildman–Crippen LogP) is 1.80. The number of anilines is 1. The topological polar surface area (TPSA) is 47.7 Å². The molecule has 2 aromatic heterocycles. The van der Waals surface area contributed by atoms with Gasteiger partial charge in [-0.25, -0.2) is 8.78 Å². The number of aromatic nitrogens is 4. The minimum atomic E-state index is -2.38. The van der Waals surface area contributed by atoms with Crippen LogP contribution in [0.2, 0.25) is 0 Å². The molecule has 0 fully saturated rings. The van der Waals surface area contributed by atoms with E-state index in [-0.39, 0.29) is 6.54 Å². The highest BCUT2D eigenvalue weighted by Crippen LogP contribution is 2.13. The molecular formula is C11H15F2N5. The Hall–Kier alpha value is -1.92. The maximum absolute atomic E-state index is 12.1. The molecule has 0 bridgehead atoms. The Kier molecular flexibility index (Phi) is 3.59. The van der Waals surface area contributed by atoms with Crippen molar-refractivity contribution in [2.75, 3.05) is 5.32 Å². The minimum absolute atomic E-state index is 0.369. The summed E-state index contributed by atoms with van der Waals surface area (Å²) in [5.41, 5.74) is 2.69. The van der Waals surface area contributed by atoms with E-state index in [1.54, 1.807) is 17.1 Å². The number of alkyl halides is 2. The number of hydrogen-bond donors (Lipinski definition) is 1. The monoisotopic (exact) mass is 255 g/mol. The second kappa shape index (κ2) is 5.16. The van der Waals surface area contributed by atoms with Gasteiger partial charge in [0.1, 0.15) is 6.54 Å². The molecule has 0 radical (unpaired) electrons. The summed E-state index contributed by atoms with van der Waals surface area (Å²) in [5, 5.41) is 11.3. The van der Waals surface area contributed by atoms with Crippen LogP contribution in [0.15, 0.2) is 18.6 Å². The molecule has 0 amide bonds. The molecule has 0 unspecified atom stereocenters. The predicted molar refractivity (Wildman–Crippen MR) is 63.5 cm³/mol. The first-order chi connectivity index (χ1) is 8.54. The lowest BCUT2D eigenvalue weighted by Gasteiger charge is -2.02. The van der Waals surface area contributed by atoms with Gasteiger partial charge in [0.2, 0.25) is 0 Å². The average Bonchev–Trinajstić information content (AvgIpc) is 2.82. The van der Waals surface area contributed by atoms with Crippen molar-refractivity contribution in [3.63, 3.8) is 0 Å². The van der Waals surface area contributed by atoms with Gasteiger partial charge in [-0.2, -0.15) is 10.2 Å². The third-order valence-corrected chi connectivity index (χ3v) is 2.51. The SMILES string of the molecule is Cc1nn(C)cc1NCc1cnn(CC(F)F)c1. The highest BCUT2D eigenvalue weighted by Gasteiger charge is 2.06. The highest BCUT2D eigenvalue weighted by molar-refractivity contribution is 5.45. The van der Waals surface area contributed by atoms with E-state index in [9.17, 15) is 8.78 Å². The van der Waals surface area contributed by atoms with Crippen molar-refractivity contribution in [2.24, 2.45) is 7.05 Å². The summed E-state index contributed by atoms with van der Waals surface area (Å²) in [4.78, 5) is 0. The van der Waals surface area contributed by atoms with E-state index in [1.807, 2.05) is 20.2 Å². The summed E-state index contributed by atoms with van der Waals surface area (Å²) in [6.07, 6.45) is 2.69. The summed E-state index contributed by atoms with van der Waals surface area (Å²) in [6.45, 7) is 2.07. The summed E-state index contributed by atoms with van der Waals surface area (Å²) >= 11 is 0. The molecule has 2 aromatic rings. The van der Waals surface area contributed by atoms with Crippen LogP contribution in [-0.2, 0) is 20.1 Å². The largest absolute Gasteiger partial charge is 0.378 e. The van der Waals surface area contributed by atoms with Gasteiger partial charge in [-0.1, -0.05) is 0 Å². The zero-order valence-electron chi connectivity index (χ0n) is 10.3. The first-order valence-corrected chi connectivity index (χ1v) is 5.58. The maximum Gasteiger partial charge on any atom is 0.257 e. The first kappa shape index (κ1) is 12.5. The van der Waals surface area contributed by atoms with Gasteiger partial charge >= 0.3 is 0 Å². The zero-order chi connectivity index (χ0) is 13.1. The Morgan fingerprint density at radius 2 is 2.17 bits per heavy atom. The molecule has 5 nitrogen and oxygen atoms in total. The van der Waals surface area contributed by atoms with Crippen molar-refractivity contribution in [1.82, 2.24) is 19.6 Å². The number of nitrogens with one attached hydrogen (secondary N) is 1. The van der Waals surface area contributed by atoms with E-state index in [2.05, 4.69) is 15.5 Å². The van der Waals surface area contributed by atoms with Crippen LogP contribution in [0.3, 0.4) is 0 Å². The molecule has 0 saturated carbocycles. The van der Waals surface area contributed by atoms with Crippen molar-refractivity contribution in [3.8, 4) is 0 Å². The molecule has 2 rings (SSSR count). The van der Waals surface area contributed by atoms with Crippen molar-refractivity contribution < 1.29 is 8.78 Å². The van der Waals surface area contributed by atoms with Gasteiger partial charge < -0.3 is 5.32 Å². The van der Waals surface area contributed by atoms with Gasteiger partial charge in [0.25, 0.3) is 6.43 Å². The lowest BCUT2D eigenvalue weighted by molar-refractivity contribution is 0.122. The van der Waals surface area contributed by atoms with Crippen LogP contribution >= 0.6 is 0 Å². The summed E-state index contributed by atoms with van der Waals surface area (Å²) in [5.74, 6) is 0. The number of hydrogen-bond acceptors (Lipinski definition) is 3. The normalized spacial score (nSPS) is 11.2. The number of halogens is 2. The van der Waals surface area contributed by atoms with Gasteiger partial charge in [0, 0.05) is 31.5 Å². The standard InChI is InChI=1S/C11H15F2N5/c1-8-10(6-17(2)16-8)14-3-9-4-15-18(5-9)7-11(12)13/h4-6,11,14H,3,7H2,1-2H3. The molecule has 0 aliphatic rings. The van der Waals surface area contributed by atoms with Crippen LogP contribution in [0.25, 0.3) is 0 Å². The fraction of sp³-hybridized carbons (Fsp3) is 0.455. The van der Waals surface area contributed by atoms with E-state index < -0.39 is 6.43 Å². The van der Waals surface area contributed by atoms with E-state index >= 15 is 0 Å². The molecule has 2 heterocycles. The Morgan fingerprint density at radius 3 is 2.78 bits per heavy atom. The van der Waals surface area contributed by atoms with Crippen molar-refractivity contribution >= 4 is 5.69 Å². The number of rotatable bonds is 5. The minimum Gasteiger partial charge on any atom is -0.378 e. The molecule has 7 heteroatoms. The van der Waals surface area contributed by atoms with Crippen molar-refractivity contribution in [1.29, 1.82) is 0 Å². The zero-order valence-corrected chi connectivity index (χ0v) is 10.3. The fourth-order valence-corrected chi connectivity index (χ4v) is 1.71. The Labute approximate surface area is 103 Å². The molecule has 0 saturated heterocycles. The average molecular weight is 255 g/mol. The number of nitrogens with zero attached hydrogens (tertiary/aromatic N) is 4. The molecule has 1 N–H and O–H groups in total. The molecule has 0 spiro atoms. The molecule has 0 atom stereocenters. The van der Waals surface area contributed by atoms with Crippen LogP contribution in [0.1, 0.15) is 11.3 Å². The van der Waals surface area contributed by atoms with E-state index in [4.69, 9.17) is 0 Å². The van der Waals surface area contributed by atoms with E-state index in [0.717, 1.165) is 16.9 Å². The second-order valence-electron chi connectivity index (χ2n) is 4.12. The second-order valence-corrected chi connectivity index (χ2v) is 4.12. The van der Waals surface area contributed by atoms with Gasteiger partial charge in [-0.3, -0.25) is 9.36 Å². The van der Waals surface area contributed by atoms with Crippen molar-refractivity contribution in [2.45, 2.75) is 26.4 Å². The lowest BCUT2D eigenvalue weighted by Crippen LogP contribution is -2.06. The summed E-state index contributed by atoms with van der Waals surface area (Å²) in [7, 11) is 1.85. The van der Waals surface area contributed by atoms with Gasteiger partial charge in [0.05, 0.1) is 17.6 Å². The fourth-order valence-electron chi connectivity index (χ4n) is 1.71. The van der Waals surface area contributed by atoms with Gasteiger partial charge in [0.15, 0.2) is 0 Å². The Bertz CT molecular complexity index is 517. The Balaban J connectivity index is 1.94. The third kappa shape index (κ3) is 3.06. The lowest BCUT2D eigenvalue weighted by atomic mass is 10.3. The quantitative estimate of drug-likeness (QED) is 0.886. The highest BCUT2D eigenvalue weighted by atomic mass is 19.3. The Morgan fingerprint density at radius 1 is 1.39 bits per heavy atom. The van der Waals surface area contributed by atoms with E-state index in [1.165, 1.54) is 4.68 Å². The smallest absolute Gasteiger partial charge is 0.257 e. The van der Waals surface area contributed by atoms with E-state index in [0.29, 0.717) is 6.54 Å². The third-order valence-electron chi connectivity index (χ3n) is 2.51.